The number of amides is 1. The highest BCUT2D eigenvalue weighted by Gasteiger charge is 2.53. The number of amidine groups is 1. The second kappa shape index (κ2) is 16.2. The number of ketones is 1. The number of rotatable bonds is 15. The minimum Gasteiger partial charge on any atom is -0.388 e. The van der Waals surface area contributed by atoms with E-state index in [-0.39, 0.29) is 56.0 Å². The molecule has 268 valence electrons. The van der Waals surface area contributed by atoms with Gasteiger partial charge < -0.3 is 38.1 Å². The zero-order valence-corrected chi connectivity index (χ0v) is 29.5. The summed E-state index contributed by atoms with van der Waals surface area (Å²) in [6.07, 6.45) is -4.26. The molecule has 3 aromatic rings. The van der Waals surface area contributed by atoms with Gasteiger partial charge in [-0.25, -0.2) is 35.9 Å². The Kier molecular flexibility index (Phi) is 12.2. The smallest absolute Gasteiger partial charge is 0.388 e. The van der Waals surface area contributed by atoms with Crippen molar-refractivity contribution < 1.29 is 51.4 Å². The molecule has 0 bridgehead atoms. The fourth-order valence-corrected chi connectivity index (χ4v) is 7.23. The number of imidazole rings is 2. The fourth-order valence-electron chi connectivity index (χ4n) is 5.01. The van der Waals surface area contributed by atoms with Gasteiger partial charge in [-0.2, -0.15) is 0 Å². The molecule has 0 aliphatic carbocycles. The lowest BCUT2D eigenvalue weighted by Gasteiger charge is -2.23. The van der Waals surface area contributed by atoms with E-state index in [0.717, 1.165) is 6.33 Å². The lowest BCUT2D eigenvalue weighted by Crippen LogP contribution is -2.36. The lowest BCUT2D eigenvalue weighted by molar-refractivity contribution is -0.122. The number of nitrogens with one attached hydrogen (secondary N) is 1. The van der Waals surface area contributed by atoms with E-state index >= 15 is 4.39 Å². The molecule has 0 aromatic carbocycles. The number of aromatic nitrogens is 6. The van der Waals surface area contributed by atoms with E-state index in [1.54, 1.807) is 25.3 Å². The molecular formula is C27H33FN9O10P2S+. The standard InChI is InChI=1S/C27H32FN9O10P2S/c1-14(2)26(40)35-19-9-17(39)22-25(34-19)37(13-31-22)27-23(47-48(41)42)21(28)18(46-27)12-45-49(50,43-7-5-29-4)44-8-6-36-20(11-38)33-16-10-30-15(3)32-24(16)36/h10,13-14,18,21,23,27,38H,5-9,11-12H2,1-3H3,(H-,34,35,39,40,41,42)/p+1/t18-,21-,23-,27-,49?/m1/s1. The molecule has 23 heteroatoms. The molecular weight excluding hydrogens is 723 g/mol. The Morgan fingerprint density at radius 2 is 2.06 bits per heavy atom. The van der Waals surface area contributed by atoms with Gasteiger partial charge in [-0.15, -0.1) is 9.42 Å². The number of aliphatic hydroxyl groups is 1. The summed E-state index contributed by atoms with van der Waals surface area (Å²) in [4.78, 5) is 59.1. The predicted molar refractivity (Wildman–Crippen MR) is 174 cm³/mol. The monoisotopic (exact) mass is 756 g/mol. The lowest BCUT2D eigenvalue weighted by atomic mass is 10.1. The molecule has 2 unspecified atom stereocenters. The maximum Gasteiger partial charge on any atom is 0.695 e. The van der Waals surface area contributed by atoms with E-state index in [9.17, 15) is 24.2 Å². The number of hydrogen-bond acceptors (Lipinski definition) is 15. The summed E-state index contributed by atoms with van der Waals surface area (Å²) >= 11 is 5.57. The number of Topliss-reactive ketones (excluding diaryl/α,β-unsaturated/α-hetero) is 1. The highest BCUT2D eigenvalue weighted by atomic mass is 32.5. The molecule has 2 aliphatic heterocycles. The number of hydrogen-bond donors (Lipinski definition) is 3. The maximum atomic E-state index is 15.9. The molecule has 19 nitrogen and oxygen atoms in total. The zero-order valence-electron chi connectivity index (χ0n) is 26.9. The second-order valence-corrected chi connectivity index (χ2v) is 14.9. The third kappa shape index (κ3) is 8.49. The number of aryl methyl sites for hydroxylation is 1. The summed E-state index contributed by atoms with van der Waals surface area (Å²) in [7, 11) is -3.32. The molecule has 5 rings (SSSR count). The van der Waals surface area contributed by atoms with Crippen LogP contribution < -0.4 is 5.32 Å². The summed E-state index contributed by atoms with van der Waals surface area (Å²) in [6.45, 7) is 7.20. The molecule has 6 atom stereocenters. The number of alkyl halides is 1. The molecule has 3 aromatic heterocycles. The topological polar surface area (TPSA) is 228 Å². The first-order chi connectivity index (χ1) is 23.8. The Morgan fingerprint density at radius 1 is 1.30 bits per heavy atom. The molecule has 0 radical (unpaired) electrons. The minimum absolute atomic E-state index is 0.0371. The van der Waals surface area contributed by atoms with Crippen LogP contribution in [0.3, 0.4) is 0 Å². The van der Waals surface area contributed by atoms with Crippen molar-refractivity contribution >= 4 is 61.3 Å². The predicted octanol–water partition coefficient (Wildman–Crippen LogP) is 2.38. The van der Waals surface area contributed by atoms with Gasteiger partial charge in [0.15, 0.2) is 41.4 Å². The molecule has 1 saturated heterocycles. The van der Waals surface area contributed by atoms with Crippen molar-refractivity contribution in [1.82, 2.24) is 34.4 Å². The first kappa shape index (κ1) is 37.7. The first-order valence-corrected chi connectivity index (χ1v) is 18.8. The van der Waals surface area contributed by atoms with Gasteiger partial charge >= 0.3 is 15.0 Å². The maximum absolute atomic E-state index is 15.9. The molecule has 3 N–H and O–H groups in total. The molecule has 2 aliphatic rings. The van der Waals surface area contributed by atoms with E-state index in [2.05, 4.69) is 35.1 Å². The van der Waals surface area contributed by atoms with Gasteiger partial charge in [-0.05, 0) is 18.7 Å². The van der Waals surface area contributed by atoms with E-state index < -0.39 is 64.5 Å². The SMILES string of the molecule is [C-]#[N+]CCOP(=S)(OCCn1c(CO)nc2cnc(C)nc21)OC[C@H]1O[C@@H](n2cnc3c2N=C(NC(=O)C(C)C)CC3=O)[C@H](O[P+](=O)O)[C@@H]1F. The second-order valence-electron chi connectivity index (χ2n) is 11.2. The van der Waals surface area contributed by atoms with Crippen LogP contribution in [-0.2, 0) is 57.1 Å². The van der Waals surface area contributed by atoms with Crippen LogP contribution in [-0.4, -0.2) is 101 Å². The average Bonchev–Trinajstić information content (AvgIpc) is 3.73. The largest absolute Gasteiger partial charge is 0.695 e. The number of fused-ring (bicyclic) bond motifs is 2. The van der Waals surface area contributed by atoms with Crippen LogP contribution in [0.2, 0.25) is 0 Å². The number of aliphatic hydroxyl groups excluding tert-OH is 1. The van der Waals surface area contributed by atoms with Crippen LogP contribution in [0.5, 0.6) is 0 Å². The number of aliphatic imine (C=N–C) groups is 1. The normalized spacial score (nSPS) is 21.9. The summed E-state index contributed by atoms with van der Waals surface area (Å²) in [5.41, 5.74) is 0.833. The highest BCUT2D eigenvalue weighted by molar-refractivity contribution is 8.07. The first-order valence-electron chi connectivity index (χ1n) is 15.1. The molecule has 1 fully saturated rings. The zero-order chi connectivity index (χ0) is 36.2. The summed E-state index contributed by atoms with van der Waals surface area (Å²) < 4.78 is 58.7. The Hall–Kier alpha value is -3.54. The van der Waals surface area contributed by atoms with Crippen molar-refractivity contribution in [2.45, 2.75) is 65.0 Å². The van der Waals surface area contributed by atoms with E-state index in [4.69, 9.17) is 41.2 Å². The molecule has 1 amide bonds. The quantitative estimate of drug-likeness (QED) is 0.115. The van der Waals surface area contributed by atoms with Gasteiger partial charge in [-0.1, -0.05) is 13.8 Å². The molecule has 5 heterocycles. The number of halogens is 1. The van der Waals surface area contributed by atoms with Crippen molar-refractivity contribution in [3.8, 4) is 0 Å². The summed E-state index contributed by atoms with van der Waals surface area (Å²) in [5, 5.41) is 12.4. The van der Waals surface area contributed by atoms with Crippen LogP contribution in [0.25, 0.3) is 16.0 Å². The van der Waals surface area contributed by atoms with Crippen molar-refractivity contribution in [3.63, 3.8) is 0 Å². The number of carbonyl (C=O) groups excluding carboxylic acids is 2. The van der Waals surface area contributed by atoms with Gasteiger partial charge in [-0.3, -0.25) is 14.2 Å². The van der Waals surface area contributed by atoms with E-state index in [0.29, 0.717) is 22.8 Å². The van der Waals surface area contributed by atoms with Crippen LogP contribution in [0.4, 0.5) is 10.2 Å². The van der Waals surface area contributed by atoms with Crippen LogP contribution in [0.15, 0.2) is 17.5 Å². The third-order valence-electron chi connectivity index (χ3n) is 7.39. The molecule has 0 spiro atoms. The Bertz CT molecular complexity index is 1900. The highest BCUT2D eigenvalue weighted by Crippen LogP contribution is 2.51. The average molecular weight is 757 g/mol. The van der Waals surface area contributed by atoms with Gasteiger partial charge in [0, 0.05) is 17.0 Å². The Labute approximate surface area is 290 Å². The van der Waals surface area contributed by atoms with Gasteiger partial charge in [0.05, 0.1) is 32.2 Å². The third-order valence-corrected chi connectivity index (χ3v) is 10.2. The van der Waals surface area contributed by atoms with Crippen LogP contribution in [0, 0.1) is 19.4 Å². The summed E-state index contributed by atoms with van der Waals surface area (Å²) in [5.74, 6) is -0.512. The van der Waals surface area contributed by atoms with E-state index in [1.807, 2.05) is 0 Å². The number of carbonyl (C=O) groups is 2. The minimum atomic E-state index is -3.68. The van der Waals surface area contributed by atoms with Crippen molar-refractivity contribution in [1.29, 1.82) is 0 Å². The fraction of sp³-hybridized carbons (Fsp3) is 0.556. The van der Waals surface area contributed by atoms with E-state index in [1.165, 1.54) is 10.8 Å². The van der Waals surface area contributed by atoms with Gasteiger partial charge in [0.1, 0.15) is 42.3 Å². The van der Waals surface area contributed by atoms with Crippen molar-refractivity contribution in [2.75, 3.05) is 26.4 Å². The van der Waals surface area contributed by atoms with Gasteiger partial charge in [0.2, 0.25) is 12.5 Å². The summed E-state index contributed by atoms with van der Waals surface area (Å²) in [6, 6.07) is 0. The van der Waals surface area contributed by atoms with Crippen molar-refractivity contribution in [2.24, 2.45) is 10.9 Å². The van der Waals surface area contributed by atoms with Crippen LogP contribution >= 0.6 is 15.0 Å². The molecule has 0 saturated carbocycles. The van der Waals surface area contributed by atoms with Crippen LogP contribution in [0.1, 0.15) is 48.6 Å². The molecule has 50 heavy (non-hydrogen) atoms. The number of nitrogens with zero attached hydrogens (tertiary/aromatic N) is 8. The Balaban J connectivity index is 1.33. The van der Waals surface area contributed by atoms with Crippen molar-refractivity contribution in [3.05, 3.63) is 41.3 Å². The van der Waals surface area contributed by atoms with Gasteiger partial charge in [0.25, 0.3) is 0 Å². The number of ether oxygens (including phenoxy) is 1. The Morgan fingerprint density at radius 3 is 2.76 bits per heavy atom.